The highest BCUT2D eigenvalue weighted by molar-refractivity contribution is 7.89. The van der Waals surface area contributed by atoms with Crippen LogP contribution in [0.4, 0.5) is 5.69 Å². The molecule has 6 nitrogen and oxygen atoms in total. The van der Waals surface area contributed by atoms with Crippen LogP contribution in [-0.2, 0) is 21.2 Å². The maximum absolute atomic E-state index is 12.6. The number of nitrogens with zero attached hydrogens (tertiary/aromatic N) is 2. The molecule has 0 fully saturated rings. The maximum atomic E-state index is 12.6. The summed E-state index contributed by atoms with van der Waals surface area (Å²) in [5, 5.41) is 2.86. The largest absolute Gasteiger partial charge is 0.352 e. The molecule has 0 spiro atoms. The molecule has 1 unspecified atom stereocenters. The van der Waals surface area contributed by atoms with Crippen molar-refractivity contribution >= 4 is 28.0 Å². The summed E-state index contributed by atoms with van der Waals surface area (Å²) in [5.41, 5.74) is 2.70. The second-order valence-electron chi connectivity index (χ2n) is 6.36. The van der Waals surface area contributed by atoms with Crippen molar-refractivity contribution in [2.45, 2.75) is 31.2 Å². The number of fused-ring (bicyclic) bond motifs is 1. The van der Waals surface area contributed by atoms with Gasteiger partial charge in [0.2, 0.25) is 5.91 Å². The van der Waals surface area contributed by atoms with Gasteiger partial charge < -0.3 is 5.32 Å². The summed E-state index contributed by atoms with van der Waals surface area (Å²) in [7, 11) is -3.76. The minimum Gasteiger partial charge on any atom is -0.352 e. The molecule has 3 rings (SSSR count). The zero-order chi connectivity index (χ0) is 18.7. The number of nitrogens with one attached hydrogen (secondary N) is 1. The third-order valence-corrected chi connectivity index (χ3v) is 6.01. The number of amides is 1. The molecular formula is C19H21N3O3S. The number of carbonyl (C=O) groups is 1. The fraction of sp³-hybridized carbons (Fsp3) is 0.263. The van der Waals surface area contributed by atoms with E-state index in [2.05, 4.69) is 10.3 Å². The van der Waals surface area contributed by atoms with E-state index in [4.69, 9.17) is 0 Å². The van der Waals surface area contributed by atoms with Crippen molar-refractivity contribution in [3.8, 4) is 0 Å². The summed E-state index contributed by atoms with van der Waals surface area (Å²) >= 11 is 0. The summed E-state index contributed by atoms with van der Waals surface area (Å²) in [6.45, 7) is 3.63. The fourth-order valence-electron chi connectivity index (χ4n) is 2.90. The van der Waals surface area contributed by atoms with Crippen LogP contribution in [0.15, 0.2) is 58.4 Å². The molecule has 1 N–H and O–H groups in total. The fourth-order valence-corrected chi connectivity index (χ4v) is 4.25. The van der Waals surface area contributed by atoms with Crippen LogP contribution in [0.5, 0.6) is 0 Å². The zero-order valence-corrected chi connectivity index (χ0v) is 15.5. The van der Waals surface area contributed by atoms with E-state index in [1.54, 1.807) is 18.2 Å². The molecule has 0 saturated carbocycles. The van der Waals surface area contributed by atoms with Crippen molar-refractivity contribution in [3.05, 3.63) is 59.7 Å². The molecule has 136 valence electrons. The second-order valence-corrected chi connectivity index (χ2v) is 8.22. The lowest BCUT2D eigenvalue weighted by Gasteiger charge is -2.24. The van der Waals surface area contributed by atoms with E-state index in [0.29, 0.717) is 12.1 Å². The number of aryl methyl sites for hydroxylation is 1. The lowest BCUT2D eigenvalue weighted by atomic mass is 10.0. The van der Waals surface area contributed by atoms with Gasteiger partial charge in [0.25, 0.3) is 10.0 Å². The second kappa shape index (κ2) is 7.29. The first-order valence-electron chi connectivity index (χ1n) is 8.37. The number of para-hydroxylation sites is 1. The Hall–Kier alpha value is -2.67. The minimum absolute atomic E-state index is 0.111. The average Bonchev–Trinajstić information content (AvgIpc) is 2.60. The number of hydrogen-bond donors (Lipinski definition) is 1. The number of rotatable bonds is 5. The summed E-state index contributed by atoms with van der Waals surface area (Å²) in [6.07, 6.45) is 1.88. The van der Waals surface area contributed by atoms with Crippen molar-refractivity contribution in [1.82, 2.24) is 9.62 Å². The van der Waals surface area contributed by atoms with E-state index >= 15 is 0 Å². The van der Waals surface area contributed by atoms with Gasteiger partial charge in [0, 0.05) is 6.04 Å². The number of hydrogen-bond acceptors (Lipinski definition) is 4. The Morgan fingerprint density at radius 1 is 1.15 bits per heavy atom. The van der Waals surface area contributed by atoms with Gasteiger partial charge in [0.15, 0.2) is 0 Å². The molecular weight excluding hydrogens is 350 g/mol. The average molecular weight is 371 g/mol. The molecule has 1 atom stereocenters. The monoisotopic (exact) mass is 371 g/mol. The van der Waals surface area contributed by atoms with Crippen LogP contribution in [0.25, 0.3) is 0 Å². The lowest BCUT2D eigenvalue weighted by molar-refractivity contribution is -0.121. The van der Waals surface area contributed by atoms with Crippen molar-refractivity contribution in [1.29, 1.82) is 0 Å². The Labute approximate surface area is 153 Å². The zero-order valence-electron chi connectivity index (χ0n) is 14.7. The van der Waals surface area contributed by atoms with Gasteiger partial charge in [0.1, 0.15) is 17.8 Å². The minimum atomic E-state index is -3.76. The maximum Gasteiger partial charge on any atom is 0.267 e. The lowest BCUT2D eigenvalue weighted by Crippen LogP contribution is -2.44. The predicted octanol–water partition coefficient (Wildman–Crippen LogP) is 2.41. The van der Waals surface area contributed by atoms with Gasteiger partial charge in [-0.1, -0.05) is 36.4 Å². The number of benzene rings is 2. The van der Waals surface area contributed by atoms with Crippen LogP contribution in [0.1, 0.15) is 18.1 Å². The molecule has 1 amide bonds. The van der Waals surface area contributed by atoms with E-state index < -0.39 is 10.0 Å². The third-order valence-electron chi connectivity index (χ3n) is 4.27. The highest BCUT2D eigenvalue weighted by Gasteiger charge is 2.30. The molecule has 1 aliphatic heterocycles. The normalized spacial score (nSPS) is 16.0. The van der Waals surface area contributed by atoms with Crippen LogP contribution >= 0.6 is 0 Å². The molecule has 0 bridgehead atoms. The SMILES string of the molecule is Cc1ccccc1CC(C)NC(=O)CN1C=Nc2ccccc2S1(=O)=O. The number of carbonyl (C=O) groups excluding carboxylic acids is 1. The van der Waals surface area contributed by atoms with Gasteiger partial charge in [-0.15, -0.1) is 0 Å². The van der Waals surface area contributed by atoms with Crippen LogP contribution in [0.2, 0.25) is 0 Å². The van der Waals surface area contributed by atoms with Gasteiger partial charge in [0.05, 0.1) is 5.69 Å². The summed E-state index contributed by atoms with van der Waals surface area (Å²) in [5.74, 6) is -0.361. The standard InChI is InChI=1S/C19H21N3O3S/c1-14-7-3-4-8-16(14)11-15(2)21-19(23)12-22-13-20-17-9-5-6-10-18(17)26(22,24)25/h3-10,13,15H,11-12H2,1-2H3,(H,21,23). The van der Waals surface area contributed by atoms with Crippen LogP contribution < -0.4 is 5.32 Å². The molecule has 1 aliphatic rings. The quantitative estimate of drug-likeness (QED) is 0.877. The topological polar surface area (TPSA) is 78.8 Å². The highest BCUT2D eigenvalue weighted by Crippen LogP contribution is 2.29. The van der Waals surface area contributed by atoms with E-state index in [0.717, 1.165) is 15.4 Å². The molecule has 26 heavy (non-hydrogen) atoms. The van der Waals surface area contributed by atoms with E-state index in [1.807, 2.05) is 38.1 Å². The van der Waals surface area contributed by atoms with Crippen molar-refractivity contribution < 1.29 is 13.2 Å². The Morgan fingerprint density at radius 2 is 1.85 bits per heavy atom. The van der Waals surface area contributed by atoms with Gasteiger partial charge in [-0.2, -0.15) is 0 Å². The van der Waals surface area contributed by atoms with Crippen molar-refractivity contribution in [3.63, 3.8) is 0 Å². The Morgan fingerprint density at radius 3 is 2.62 bits per heavy atom. The van der Waals surface area contributed by atoms with E-state index in [-0.39, 0.29) is 23.4 Å². The molecule has 2 aromatic carbocycles. The smallest absolute Gasteiger partial charge is 0.267 e. The third kappa shape index (κ3) is 3.77. The first kappa shape index (κ1) is 18.1. The molecule has 2 aromatic rings. The van der Waals surface area contributed by atoms with Gasteiger partial charge in [-0.05, 0) is 43.5 Å². The van der Waals surface area contributed by atoms with Crippen molar-refractivity contribution in [2.75, 3.05) is 6.54 Å². The molecule has 0 aromatic heterocycles. The van der Waals surface area contributed by atoms with Crippen LogP contribution in [0.3, 0.4) is 0 Å². The van der Waals surface area contributed by atoms with Crippen LogP contribution in [0, 0.1) is 6.92 Å². The number of aliphatic imine (C=N–C) groups is 1. The molecule has 0 saturated heterocycles. The van der Waals surface area contributed by atoms with Gasteiger partial charge >= 0.3 is 0 Å². The summed E-state index contributed by atoms with van der Waals surface area (Å²) in [4.78, 5) is 16.6. The highest BCUT2D eigenvalue weighted by atomic mass is 32.2. The van der Waals surface area contributed by atoms with Gasteiger partial charge in [-0.25, -0.2) is 17.7 Å². The predicted molar refractivity (Wildman–Crippen MR) is 101 cm³/mol. The van der Waals surface area contributed by atoms with E-state index in [1.165, 1.54) is 12.4 Å². The Balaban J connectivity index is 1.65. The first-order valence-corrected chi connectivity index (χ1v) is 9.81. The Kier molecular flexibility index (Phi) is 5.08. The van der Waals surface area contributed by atoms with E-state index in [9.17, 15) is 13.2 Å². The first-order chi connectivity index (χ1) is 12.4. The summed E-state index contributed by atoms with van der Waals surface area (Å²) in [6, 6.07) is 14.4. The molecule has 1 heterocycles. The van der Waals surface area contributed by atoms with Crippen LogP contribution in [-0.4, -0.2) is 37.6 Å². The molecule has 0 radical (unpaired) electrons. The molecule has 7 heteroatoms. The molecule has 0 aliphatic carbocycles. The van der Waals surface area contributed by atoms with Crippen molar-refractivity contribution in [2.24, 2.45) is 4.99 Å². The summed E-state index contributed by atoms with van der Waals surface area (Å²) < 4.78 is 26.2. The number of sulfonamides is 1. The Bertz CT molecular complexity index is 954. The van der Waals surface area contributed by atoms with Gasteiger partial charge in [-0.3, -0.25) is 4.79 Å².